The minimum atomic E-state index is -0.814. The molecule has 4 heterocycles. The maximum absolute atomic E-state index is 13.4. The molecule has 352 valence electrons. The number of rotatable bonds is 10. The number of nitrogen functional groups attached to an aromatic ring is 1. The van der Waals surface area contributed by atoms with Crippen LogP contribution in [0.25, 0.3) is 0 Å². The first-order valence-electron chi connectivity index (χ1n) is 17.6. The smallest absolute Gasteiger partial charge is 0.273 e. The van der Waals surface area contributed by atoms with Crippen LogP contribution in [0.15, 0.2) is 123 Å². The van der Waals surface area contributed by atoms with Crippen molar-refractivity contribution >= 4 is 97.8 Å². The number of ether oxygens (including phenoxy) is 3. The Morgan fingerprint density at radius 1 is 0.618 bits per heavy atom. The molecule has 1 amide bonds. The minimum Gasteiger partial charge on any atom is -0.436 e. The number of anilines is 2. The number of nitrogens with one attached hydrogen (secondary N) is 1. The lowest BCUT2D eigenvalue weighted by molar-refractivity contribution is -0.384. The predicted octanol–water partition coefficient (Wildman–Crippen LogP) is 11.7. The molecule has 0 spiro atoms. The third-order valence-electron chi connectivity index (χ3n) is 6.70. The SMILES string of the molecule is C=CC(=O)Cl.C=CC(=O)Nc1cccc(Oc2nc(Cl)ncc2F)c1.Fc1cnc(Cl)nc1Cl.Nc1cccc(Oc2nc(Cl)ncc2F)c1.O=[N+]([O-])c1cccc(Oc2nc(Cl)ncc2F)c1. The van der Waals surface area contributed by atoms with E-state index in [-0.39, 0.29) is 55.4 Å². The van der Waals surface area contributed by atoms with E-state index in [1.807, 2.05) is 0 Å². The molecule has 0 aliphatic carbocycles. The molecule has 0 fully saturated rings. The highest BCUT2D eigenvalue weighted by Gasteiger charge is 2.13. The van der Waals surface area contributed by atoms with E-state index in [9.17, 15) is 37.3 Å². The molecule has 0 radical (unpaired) electrons. The Balaban J connectivity index is 0.000000238. The van der Waals surface area contributed by atoms with Crippen LogP contribution in [0.5, 0.6) is 34.9 Å². The molecule has 0 aliphatic rings. The van der Waals surface area contributed by atoms with Gasteiger partial charge in [-0.2, -0.15) is 28.1 Å². The van der Waals surface area contributed by atoms with E-state index in [0.29, 0.717) is 22.9 Å². The summed E-state index contributed by atoms with van der Waals surface area (Å²) in [6.45, 7) is 6.42. The summed E-state index contributed by atoms with van der Waals surface area (Å²) in [5.74, 6) is -3.43. The molecule has 68 heavy (non-hydrogen) atoms. The standard InChI is InChI=1S/C13H9ClFN3O2.C10H5ClFN3O3.C10H7ClFN3O.C4HCl2FN2.C3H3ClO/c1-2-11(19)17-8-4-3-5-9(6-8)20-12-10(15)7-16-13(14)18-12;11-10-13-5-8(12)9(14-10)18-7-3-1-2-6(4-7)15(16)17;11-10-14-5-8(12)9(15-10)16-7-3-1-2-6(13)4-7;5-3-2(7)1-8-4(6)9-3;1-2-3(4)5/h2-7H,1H2,(H,17,19);1-5H;1-5H,13H2;1H;2H,1H2. The largest absolute Gasteiger partial charge is 0.436 e. The van der Waals surface area contributed by atoms with Crippen LogP contribution in [0, 0.1) is 33.4 Å². The van der Waals surface area contributed by atoms with Crippen LogP contribution < -0.4 is 25.3 Å². The lowest BCUT2D eigenvalue weighted by Gasteiger charge is -2.07. The molecule has 0 saturated heterocycles. The number of carbonyl (C=O) groups excluding carboxylic acids is 2. The second-order valence-electron chi connectivity index (χ2n) is 11.5. The first-order valence-corrected chi connectivity index (χ1v) is 19.9. The number of hydrogen-bond donors (Lipinski definition) is 2. The fraction of sp³-hybridized carbons (Fsp3) is 0. The summed E-state index contributed by atoms with van der Waals surface area (Å²) in [5.41, 5.74) is 6.37. The summed E-state index contributed by atoms with van der Waals surface area (Å²) < 4.78 is 67.6. The molecule has 18 nitrogen and oxygen atoms in total. The first kappa shape index (κ1) is 55.0. The highest BCUT2D eigenvalue weighted by molar-refractivity contribution is 6.66. The predicted molar refractivity (Wildman–Crippen MR) is 244 cm³/mol. The molecule has 0 bridgehead atoms. The van der Waals surface area contributed by atoms with Gasteiger partial charge in [-0.25, -0.2) is 29.3 Å². The Morgan fingerprint density at radius 2 is 1.01 bits per heavy atom. The van der Waals surface area contributed by atoms with Crippen LogP contribution in [-0.4, -0.2) is 55.9 Å². The second-order valence-corrected chi connectivity index (χ2v) is 13.6. The molecular weight excluding hydrogens is 1040 g/mol. The van der Waals surface area contributed by atoms with Gasteiger partial charge in [0.15, 0.2) is 11.0 Å². The lowest BCUT2D eigenvalue weighted by atomic mass is 10.3. The molecule has 3 N–H and O–H groups in total. The monoisotopic (exact) mass is 1060 g/mol. The number of nitro benzene ring substituents is 1. The van der Waals surface area contributed by atoms with E-state index in [4.69, 9.17) is 89.5 Å². The number of benzene rings is 3. The summed E-state index contributed by atoms with van der Waals surface area (Å²) in [6, 6.07) is 18.2. The maximum Gasteiger partial charge on any atom is 0.273 e. The summed E-state index contributed by atoms with van der Waals surface area (Å²) in [7, 11) is 0. The van der Waals surface area contributed by atoms with Gasteiger partial charge in [-0.1, -0.05) is 43.0 Å². The average molecular weight is 1060 g/mol. The molecule has 4 aromatic heterocycles. The van der Waals surface area contributed by atoms with Crippen molar-refractivity contribution in [1.29, 1.82) is 0 Å². The highest BCUT2D eigenvalue weighted by Crippen LogP contribution is 2.28. The lowest BCUT2D eigenvalue weighted by Crippen LogP contribution is -2.07. The van der Waals surface area contributed by atoms with Gasteiger partial charge in [-0.05, 0) is 100 Å². The Morgan fingerprint density at radius 3 is 1.41 bits per heavy atom. The zero-order chi connectivity index (χ0) is 50.3. The Bertz CT molecular complexity index is 2900. The van der Waals surface area contributed by atoms with E-state index in [2.05, 4.69) is 58.3 Å². The van der Waals surface area contributed by atoms with E-state index < -0.39 is 39.3 Å². The Labute approximate surface area is 410 Å². The minimum absolute atomic E-state index is 0.0543. The van der Waals surface area contributed by atoms with E-state index in [0.717, 1.165) is 43.0 Å². The molecule has 0 aliphatic heterocycles. The van der Waals surface area contributed by atoms with E-state index in [1.54, 1.807) is 42.5 Å². The fourth-order valence-electron chi connectivity index (χ4n) is 3.94. The fourth-order valence-corrected chi connectivity index (χ4v) is 4.62. The van der Waals surface area contributed by atoms with Crippen molar-refractivity contribution in [2.24, 2.45) is 0 Å². The maximum atomic E-state index is 13.4. The second kappa shape index (κ2) is 28.0. The zero-order valence-electron chi connectivity index (χ0n) is 33.5. The van der Waals surface area contributed by atoms with Crippen molar-refractivity contribution in [3.05, 3.63) is 183 Å². The molecule has 28 heteroatoms. The number of amides is 1. The van der Waals surface area contributed by atoms with E-state index in [1.165, 1.54) is 24.3 Å². The number of nitro groups is 1. The normalized spacial score (nSPS) is 9.74. The third kappa shape index (κ3) is 20.0. The summed E-state index contributed by atoms with van der Waals surface area (Å²) in [4.78, 5) is 58.4. The van der Waals surface area contributed by atoms with Crippen LogP contribution in [0.3, 0.4) is 0 Å². The number of halogens is 10. The molecular formula is C40H25Cl6F4N11O7. The van der Waals surface area contributed by atoms with Gasteiger partial charge in [0.25, 0.3) is 23.3 Å². The number of nitrogens with zero attached hydrogens (tertiary/aromatic N) is 9. The number of allylic oxidation sites excluding steroid dienone is 1. The van der Waals surface area contributed by atoms with Gasteiger partial charge < -0.3 is 25.3 Å². The Kier molecular flexibility index (Phi) is 22.6. The van der Waals surface area contributed by atoms with Crippen molar-refractivity contribution in [2.75, 3.05) is 11.1 Å². The molecule has 0 saturated carbocycles. The van der Waals surface area contributed by atoms with Crippen LogP contribution in [0.1, 0.15) is 0 Å². The van der Waals surface area contributed by atoms with Gasteiger partial charge in [-0.3, -0.25) is 19.7 Å². The Hall–Kier alpha value is -7.34. The van der Waals surface area contributed by atoms with Gasteiger partial charge in [-0.15, -0.1) is 0 Å². The average Bonchev–Trinajstić information content (AvgIpc) is 3.30. The first-order chi connectivity index (χ1) is 32.3. The van der Waals surface area contributed by atoms with Crippen LogP contribution in [0.4, 0.5) is 34.6 Å². The molecule has 0 atom stereocenters. The van der Waals surface area contributed by atoms with Crippen molar-refractivity contribution in [3.8, 4) is 34.9 Å². The molecule has 7 aromatic rings. The van der Waals surface area contributed by atoms with Crippen molar-refractivity contribution in [2.45, 2.75) is 0 Å². The van der Waals surface area contributed by atoms with Gasteiger partial charge >= 0.3 is 0 Å². The van der Waals surface area contributed by atoms with Crippen LogP contribution in [0.2, 0.25) is 26.3 Å². The van der Waals surface area contributed by atoms with Gasteiger partial charge in [0, 0.05) is 29.6 Å². The number of aromatic nitrogens is 8. The van der Waals surface area contributed by atoms with Crippen LogP contribution >= 0.6 is 69.6 Å². The van der Waals surface area contributed by atoms with Crippen LogP contribution in [-0.2, 0) is 9.59 Å². The third-order valence-corrected chi connectivity index (χ3v) is 7.84. The van der Waals surface area contributed by atoms with Crippen molar-refractivity contribution < 1.29 is 46.3 Å². The summed E-state index contributed by atoms with van der Waals surface area (Å²) in [5, 5.41) is 11.9. The quantitative estimate of drug-likeness (QED) is 0.0189. The molecule has 7 rings (SSSR count). The number of carbonyl (C=O) groups is 2. The molecule has 0 unspecified atom stereocenters. The highest BCUT2D eigenvalue weighted by atomic mass is 35.5. The van der Waals surface area contributed by atoms with Crippen molar-refractivity contribution in [1.82, 2.24) is 39.9 Å². The summed E-state index contributed by atoms with van der Waals surface area (Å²) >= 11 is 31.7. The van der Waals surface area contributed by atoms with Gasteiger partial charge in [0.1, 0.15) is 17.2 Å². The van der Waals surface area contributed by atoms with Gasteiger partial charge in [0.2, 0.25) is 49.7 Å². The molecule has 3 aromatic carbocycles. The van der Waals surface area contributed by atoms with Crippen molar-refractivity contribution in [3.63, 3.8) is 0 Å². The zero-order valence-corrected chi connectivity index (χ0v) is 38.1. The number of non-ortho nitro benzene ring substituents is 1. The van der Waals surface area contributed by atoms with Gasteiger partial charge in [0.05, 0.1) is 35.8 Å². The number of hydrogen-bond acceptors (Lipinski definition) is 16. The van der Waals surface area contributed by atoms with E-state index >= 15 is 0 Å². The number of nitrogens with two attached hydrogens (primary N) is 1. The summed E-state index contributed by atoms with van der Waals surface area (Å²) in [6.07, 6.45) is 5.80. The topological polar surface area (TPSA) is 246 Å².